The molecule has 1 N–H and O–H groups in total. The highest BCUT2D eigenvalue weighted by Gasteiger charge is 2.47. The third kappa shape index (κ3) is 7.67. The number of nitrogens with one attached hydrogen (secondary N) is 1. The maximum absolute atomic E-state index is 13.2. The van der Waals surface area contributed by atoms with Gasteiger partial charge in [0.2, 0.25) is 5.91 Å². The van der Waals surface area contributed by atoms with Gasteiger partial charge in [0.25, 0.3) is 5.91 Å². The number of rotatable bonds is 7. The molecule has 2 aromatic rings. The number of benzene rings is 2. The van der Waals surface area contributed by atoms with E-state index in [4.69, 9.17) is 4.74 Å². The minimum atomic E-state index is -4.35. The Balaban J connectivity index is 0.947. The molecule has 1 spiro atoms. The van der Waals surface area contributed by atoms with Crippen molar-refractivity contribution < 1.29 is 32.3 Å². The van der Waals surface area contributed by atoms with Gasteiger partial charge in [-0.15, -0.1) is 0 Å². The zero-order valence-electron chi connectivity index (χ0n) is 26.2. The lowest BCUT2D eigenvalue weighted by molar-refractivity contribution is -0.137. The molecule has 8 nitrogen and oxygen atoms in total. The van der Waals surface area contributed by atoms with Gasteiger partial charge in [0, 0.05) is 69.6 Å². The number of ether oxygens (including phenoxy) is 1. The van der Waals surface area contributed by atoms with Crippen LogP contribution >= 0.6 is 0 Å². The summed E-state index contributed by atoms with van der Waals surface area (Å²) in [6, 6.07) is 12.9. The smallest absolute Gasteiger partial charge is 0.416 e. The maximum Gasteiger partial charge on any atom is 0.416 e. The first kappa shape index (κ1) is 32.3. The topological polar surface area (TPSA) is 82.2 Å². The number of hydrogen-bond donors (Lipinski definition) is 1. The van der Waals surface area contributed by atoms with Crippen molar-refractivity contribution in [3.8, 4) is 0 Å². The van der Waals surface area contributed by atoms with Gasteiger partial charge in [-0.1, -0.05) is 43.5 Å². The van der Waals surface area contributed by atoms with E-state index < -0.39 is 17.3 Å². The summed E-state index contributed by atoms with van der Waals surface area (Å²) in [6.07, 6.45) is 3.69. The van der Waals surface area contributed by atoms with Gasteiger partial charge in [-0.3, -0.25) is 19.4 Å². The summed E-state index contributed by atoms with van der Waals surface area (Å²) in [7, 11) is 0. The number of amides is 3. The monoisotopic (exact) mass is 640 g/mol. The molecule has 0 atom stereocenters. The van der Waals surface area contributed by atoms with E-state index in [2.05, 4.69) is 10.2 Å². The second-order valence-corrected chi connectivity index (χ2v) is 13.5. The fourth-order valence-corrected chi connectivity index (χ4v) is 7.32. The SMILES string of the molecule is O=C(NC1CCCCC1)C1CCN(C(=O)c2ccc(CN3CC4(CCN(Cc5ccc(C(F)(F)F)cc5)CC4)OC3=O)cc2)CC1. The van der Waals surface area contributed by atoms with Gasteiger partial charge in [0.1, 0.15) is 5.60 Å². The minimum Gasteiger partial charge on any atom is -0.441 e. The molecule has 248 valence electrons. The summed E-state index contributed by atoms with van der Waals surface area (Å²) in [5.74, 6) is 0.0534. The summed E-state index contributed by atoms with van der Waals surface area (Å²) in [5, 5.41) is 3.23. The Bertz CT molecular complexity index is 1380. The average molecular weight is 641 g/mol. The lowest BCUT2D eigenvalue weighted by Crippen LogP contribution is -2.46. The van der Waals surface area contributed by atoms with E-state index in [0.717, 1.165) is 36.1 Å². The molecule has 11 heteroatoms. The fraction of sp³-hybridized carbons (Fsp3) is 0.571. The van der Waals surface area contributed by atoms with Crippen molar-refractivity contribution in [2.75, 3.05) is 32.7 Å². The van der Waals surface area contributed by atoms with Gasteiger partial charge >= 0.3 is 12.3 Å². The summed E-state index contributed by atoms with van der Waals surface area (Å²) >= 11 is 0. The molecule has 4 aliphatic rings. The Hall–Kier alpha value is -3.60. The molecule has 46 heavy (non-hydrogen) atoms. The first-order chi connectivity index (χ1) is 22.1. The average Bonchev–Trinajstić information content (AvgIpc) is 3.36. The van der Waals surface area contributed by atoms with E-state index in [-0.39, 0.29) is 23.8 Å². The molecule has 0 aromatic heterocycles. The highest BCUT2D eigenvalue weighted by atomic mass is 19.4. The molecule has 3 heterocycles. The van der Waals surface area contributed by atoms with Crippen LogP contribution in [0.3, 0.4) is 0 Å². The van der Waals surface area contributed by atoms with Crippen molar-refractivity contribution in [1.29, 1.82) is 0 Å². The van der Waals surface area contributed by atoms with Crippen LogP contribution < -0.4 is 5.32 Å². The largest absolute Gasteiger partial charge is 0.441 e. The first-order valence-corrected chi connectivity index (χ1v) is 16.6. The number of piperidine rings is 2. The van der Waals surface area contributed by atoms with Crippen LogP contribution in [0.1, 0.15) is 84.8 Å². The van der Waals surface area contributed by atoms with Crippen molar-refractivity contribution in [2.24, 2.45) is 5.92 Å². The summed E-state index contributed by atoms with van der Waals surface area (Å²) in [5.41, 5.74) is 1.10. The lowest BCUT2D eigenvalue weighted by atomic mass is 9.91. The van der Waals surface area contributed by atoms with Gasteiger partial charge in [0.15, 0.2) is 0 Å². The highest BCUT2D eigenvalue weighted by Crippen LogP contribution is 2.35. The molecule has 1 saturated carbocycles. The number of carbonyl (C=O) groups is 3. The summed E-state index contributed by atoms with van der Waals surface area (Å²) in [6.45, 7) is 3.89. The molecule has 0 bridgehead atoms. The zero-order valence-corrected chi connectivity index (χ0v) is 26.2. The molecule has 2 aromatic carbocycles. The number of nitrogens with zero attached hydrogens (tertiary/aromatic N) is 3. The number of hydrogen-bond acceptors (Lipinski definition) is 5. The third-order valence-electron chi connectivity index (χ3n) is 10.2. The van der Waals surface area contributed by atoms with E-state index in [9.17, 15) is 27.6 Å². The Morgan fingerprint density at radius 2 is 1.43 bits per heavy atom. The number of halogens is 3. The van der Waals surface area contributed by atoms with Crippen molar-refractivity contribution in [3.63, 3.8) is 0 Å². The molecular formula is C35H43F3N4O4. The van der Waals surface area contributed by atoms with Crippen LogP contribution in [0.25, 0.3) is 0 Å². The van der Waals surface area contributed by atoms with Crippen molar-refractivity contribution in [2.45, 2.75) is 88.7 Å². The predicted octanol–water partition coefficient (Wildman–Crippen LogP) is 5.99. The van der Waals surface area contributed by atoms with Crippen molar-refractivity contribution in [3.05, 3.63) is 70.8 Å². The minimum absolute atomic E-state index is 0.0388. The van der Waals surface area contributed by atoms with E-state index in [1.54, 1.807) is 17.0 Å². The van der Waals surface area contributed by atoms with Gasteiger partial charge in [0.05, 0.1) is 12.1 Å². The van der Waals surface area contributed by atoms with Crippen LogP contribution in [-0.2, 0) is 28.8 Å². The van der Waals surface area contributed by atoms with Crippen LogP contribution in [0, 0.1) is 5.92 Å². The van der Waals surface area contributed by atoms with Crippen molar-refractivity contribution in [1.82, 2.24) is 20.0 Å². The van der Waals surface area contributed by atoms with Crippen LogP contribution in [0.2, 0.25) is 0 Å². The predicted molar refractivity (Wildman–Crippen MR) is 166 cm³/mol. The second-order valence-electron chi connectivity index (χ2n) is 13.5. The van der Waals surface area contributed by atoms with Gasteiger partial charge in [-0.05, 0) is 61.1 Å². The molecule has 3 aliphatic heterocycles. The molecular weight excluding hydrogens is 597 g/mol. The Kier molecular flexibility index (Phi) is 9.59. The van der Waals surface area contributed by atoms with E-state index in [0.29, 0.717) is 83.1 Å². The molecule has 3 saturated heterocycles. The normalized spacial score (nSPS) is 21.4. The van der Waals surface area contributed by atoms with Crippen LogP contribution in [0.4, 0.5) is 18.0 Å². The number of alkyl halides is 3. The molecule has 4 fully saturated rings. The van der Waals surface area contributed by atoms with Crippen LogP contribution in [0.15, 0.2) is 48.5 Å². The third-order valence-corrected chi connectivity index (χ3v) is 10.2. The molecule has 3 amide bonds. The summed E-state index contributed by atoms with van der Waals surface area (Å²) < 4.78 is 44.5. The Morgan fingerprint density at radius 1 is 0.826 bits per heavy atom. The molecule has 0 unspecified atom stereocenters. The van der Waals surface area contributed by atoms with Gasteiger partial charge in [-0.2, -0.15) is 13.2 Å². The number of carbonyl (C=O) groups excluding carboxylic acids is 3. The first-order valence-electron chi connectivity index (χ1n) is 16.6. The standard InChI is InChI=1S/C35H43F3N4O4/c36-35(37,38)29-12-8-25(9-13-29)22-40-20-16-34(17-21-40)24-42(33(45)46-34)23-26-6-10-28(11-7-26)32(44)41-18-14-27(15-19-41)31(43)39-30-4-2-1-3-5-30/h6-13,27,30H,1-5,14-24H2,(H,39,43). The van der Waals surface area contributed by atoms with E-state index in [1.165, 1.54) is 31.4 Å². The van der Waals surface area contributed by atoms with Crippen LogP contribution in [-0.4, -0.2) is 77.0 Å². The van der Waals surface area contributed by atoms with E-state index >= 15 is 0 Å². The van der Waals surface area contributed by atoms with Crippen LogP contribution in [0.5, 0.6) is 0 Å². The lowest BCUT2D eigenvalue weighted by Gasteiger charge is -2.37. The molecule has 0 radical (unpaired) electrons. The Morgan fingerprint density at radius 3 is 2.07 bits per heavy atom. The Labute approximate surface area is 268 Å². The van der Waals surface area contributed by atoms with Gasteiger partial charge < -0.3 is 15.0 Å². The molecule has 1 aliphatic carbocycles. The van der Waals surface area contributed by atoms with Crippen molar-refractivity contribution >= 4 is 17.9 Å². The second kappa shape index (κ2) is 13.6. The summed E-state index contributed by atoms with van der Waals surface area (Å²) in [4.78, 5) is 44.5. The quantitative estimate of drug-likeness (QED) is 0.402. The van der Waals surface area contributed by atoms with Gasteiger partial charge in [-0.25, -0.2) is 4.79 Å². The zero-order chi connectivity index (χ0) is 32.3. The van der Waals surface area contributed by atoms with E-state index in [1.807, 2.05) is 17.0 Å². The molecule has 6 rings (SSSR count). The fourth-order valence-electron chi connectivity index (χ4n) is 7.32. The number of likely N-dealkylation sites (tertiary alicyclic amines) is 2. The highest BCUT2D eigenvalue weighted by molar-refractivity contribution is 5.94. The maximum atomic E-state index is 13.2.